The van der Waals surface area contributed by atoms with Crippen molar-refractivity contribution in [3.05, 3.63) is 29.6 Å². The Morgan fingerprint density at radius 3 is 2.43 bits per heavy atom. The summed E-state index contributed by atoms with van der Waals surface area (Å²) in [7, 11) is 0. The summed E-state index contributed by atoms with van der Waals surface area (Å²) in [6, 6.07) is 2.83. The molecule has 0 saturated heterocycles. The summed E-state index contributed by atoms with van der Waals surface area (Å²) in [5, 5.41) is 3.66. The number of amides is 1. The van der Waals surface area contributed by atoms with Crippen LogP contribution in [0.4, 0.5) is 23.2 Å². The maximum Gasteiger partial charge on any atom is 0.471 e. The van der Waals surface area contributed by atoms with Crippen LogP contribution in [0.5, 0.6) is 0 Å². The fourth-order valence-corrected chi connectivity index (χ4v) is 2.20. The number of isothiocyanates is 1. The lowest BCUT2D eigenvalue weighted by Gasteiger charge is -2.24. The summed E-state index contributed by atoms with van der Waals surface area (Å²) < 4.78 is 50.8. The number of nitrogens with zero attached hydrogens (tertiary/aromatic N) is 1. The molecule has 23 heavy (non-hydrogen) atoms. The molecule has 0 aliphatic rings. The molecule has 124 valence electrons. The number of rotatable bonds is 5. The van der Waals surface area contributed by atoms with E-state index in [9.17, 15) is 27.2 Å². The minimum atomic E-state index is -5.08. The van der Waals surface area contributed by atoms with Gasteiger partial charge in [-0.25, -0.2) is 9.38 Å². The summed E-state index contributed by atoms with van der Waals surface area (Å²) in [5.41, 5.74) is -1.89. The van der Waals surface area contributed by atoms with Crippen LogP contribution >= 0.6 is 12.2 Å². The van der Waals surface area contributed by atoms with Gasteiger partial charge in [-0.05, 0) is 44.3 Å². The number of thiocarbonyl (C=S) groups is 1. The van der Waals surface area contributed by atoms with Gasteiger partial charge in [-0.15, -0.1) is 0 Å². The van der Waals surface area contributed by atoms with Crippen LogP contribution in [0.1, 0.15) is 25.8 Å². The van der Waals surface area contributed by atoms with Gasteiger partial charge in [0.15, 0.2) is 0 Å². The molecule has 1 amide bonds. The number of carbonyl (C=O) groups excluding carboxylic acids is 2. The lowest BCUT2D eigenvalue weighted by molar-refractivity contribution is -0.167. The molecule has 0 unspecified atom stereocenters. The van der Waals surface area contributed by atoms with Crippen LogP contribution in [-0.4, -0.2) is 23.0 Å². The van der Waals surface area contributed by atoms with Crippen molar-refractivity contribution in [2.24, 2.45) is 4.99 Å². The Labute approximate surface area is 134 Å². The van der Waals surface area contributed by atoms with Gasteiger partial charge < -0.3 is 5.32 Å². The van der Waals surface area contributed by atoms with E-state index in [4.69, 9.17) is 0 Å². The third kappa shape index (κ3) is 4.94. The molecule has 1 aromatic carbocycles. The van der Waals surface area contributed by atoms with E-state index in [0.29, 0.717) is 0 Å². The number of Topliss-reactive ketones (excluding diaryl/α,β-unsaturated/α-hetero) is 1. The summed E-state index contributed by atoms with van der Waals surface area (Å²) >= 11 is 4.48. The normalized spacial score (nSPS) is 13.7. The van der Waals surface area contributed by atoms with Crippen LogP contribution in [0, 0.1) is 5.82 Å². The molecule has 1 atom stereocenters. The number of hydrogen-bond acceptors (Lipinski definition) is 4. The Balaban J connectivity index is 3.30. The minimum absolute atomic E-state index is 0.176. The zero-order valence-corrected chi connectivity index (χ0v) is 12.9. The molecule has 0 aromatic heterocycles. The number of ketones is 1. The number of carbonyl (C=O) groups is 2. The zero-order valence-electron chi connectivity index (χ0n) is 12.1. The monoisotopic (exact) mass is 348 g/mol. The first-order valence-electron chi connectivity index (χ1n) is 6.26. The van der Waals surface area contributed by atoms with Crippen molar-refractivity contribution >= 4 is 34.8 Å². The van der Waals surface area contributed by atoms with Crippen LogP contribution < -0.4 is 5.32 Å². The summed E-state index contributed by atoms with van der Waals surface area (Å²) in [6.07, 6.45) is -5.31. The predicted octanol–water partition coefficient (Wildman–Crippen LogP) is 3.62. The highest BCUT2D eigenvalue weighted by atomic mass is 32.1. The third-order valence-corrected chi connectivity index (χ3v) is 3.04. The zero-order chi connectivity index (χ0) is 17.8. The fraction of sp³-hybridized carbons (Fsp3) is 0.357. The largest absolute Gasteiger partial charge is 0.471 e. The molecule has 4 nitrogen and oxygen atoms in total. The number of alkyl halides is 3. The van der Waals surface area contributed by atoms with Crippen molar-refractivity contribution in [2.75, 3.05) is 5.32 Å². The molecule has 0 bridgehead atoms. The summed E-state index contributed by atoms with van der Waals surface area (Å²) in [4.78, 5) is 26.1. The van der Waals surface area contributed by atoms with E-state index in [1.165, 1.54) is 13.8 Å². The van der Waals surface area contributed by atoms with Crippen LogP contribution in [0.25, 0.3) is 0 Å². The lowest BCUT2D eigenvalue weighted by Crippen LogP contribution is -2.30. The van der Waals surface area contributed by atoms with Crippen molar-refractivity contribution < 1.29 is 27.2 Å². The maximum absolute atomic E-state index is 14.0. The van der Waals surface area contributed by atoms with Crippen LogP contribution in [0.15, 0.2) is 23.2 Å². The van der Waals surface area contributed by atoms with Crippen molar-refractivity contribution in [3.63, 3.8) is 0 Å². The van der Waals surface area contributed by atoms with E-state index in [-0.39, 0.29) is 23.5 Å². The van der Waals surface area contributed by atoms with Crippen LogP contribution in [0.3, 0.4) is 0 Å². The fourth-order valence-electron chi connectivity index (χ4n) is 2.00. The lowest BCUT2D eigenvalue weighted by atomic mass is 9.87. The number of anilines is 1. The third-order valence-electron chi connectivity index (χ3n) is 2.95. The van der Waals surface area contributed by atoms with E-state index < -0.39 is 23.4 Å². The molecular formula is C14H12F4N2O2S. The number of benzene rings is 1. The quantitative estimate of drug-likeness (QED) is 0.502. The molecule has 9 heteroatoms. The molecular weight excluding hydrogens is 336 g/mol. The van der Waals surface area contributed by atoms with Gasteiger partial charge >= 0.3 is 12.1 Å². The first-order chi connectivity index (χ1) is 10.5. The highest BCUT2D eigenvalue weighted by Crippen LogP contribution is 2.33. The first kappa shape index (κ1) is 18.9. The van der Waals surface area contributed by atoms with Gasteiger partial charge in [-0.2, -0.15) is 13.2 Å². The molecule has 0 fully saturated rings. The molecule has 0 aliphatic heterocycles. The molecule has 1 N–H and O–H groups in total. The van der Waals surface area contributed by atoms with E-state index in [0.717, 1.165) is 18.2 Å². The highest BCUT2D eigenvalue weighted by Gasteiger charge is 2.39. The molecule has 0 saturated carbocycles. The molecule has 0 radical (unpaired) electrons. The Morgan fingerprint density at radius 2 is 1.96 bits per heavy atom. The van der Waals surface area contributed by atoms with Gasteiger partial charge in [-0.1, -0.05) is 0 Å². The Morgan fingerprint density at radius 1 is 1.35 bits per heavy atom. The minimum Gasteiger partial charge on any atom is -0.318 e. The Kier molecular flexibility index (Phi) is 5.74. The standard InChI is InChI=1S/C14H12F4N2O2S/c1-8(21)6-13(2,19-7-23)10-5-9(3-4-11(10)15)20-12(22)14(16,17)18/h3-5H,6H2,1-2H3,(H,20,22)/t13-/m0/s1. The summed E-state index contributed by atoms with van der Waals surface area (Å²) in [5.74, 6) is -3.32. The second-order valence-electron chi connectivity index (χ2n) is 5.00. The number of halogens is 4. The van der Waals surface area contributed by atoms with E-state index in [2.05, 4.69) is 17.2 Å². The van der Waals surface area contributed by atoms with Crippen molar-refractivity contribution in [1.29, 1.82) is 0 Å². The predicted molar refractivity (Wildman–Crippen MR) is 78.8 cm³/mol. The smallest absolute Gasteiger partial charge is 0.318 e. The SMILES string of the molecule is CC(=O)C[C@](C)(N=C=S)c1cc(NC(=O)C(F)(F)F)ccc1F. The van der Waals surface area contributed by atoms with Gasteiger partial charge in [0.1, 0.15) is 17.1 Å². The molecule has 0 aliphatic carbocycles. The van der Waals surface area contributed by atoms with Crippen LogP contribution in [0.2, 0.25) is 0 Å². The Hall–Kier alpha value is -2.12. The molecule has 0 spiro atoms. The number of nitrogens with one attached hydrogen (secondary N) is 1. The van der Waals surface area contributed by atoms with Crippen molar-refractivity contribution in [2.45, 2.75) is 32.0 Å². The van der Waals surface area contributed by atoms with Gasteiger partial charge in [-0.3, -0.25) is 9.59 Å². The number of aliphatic imine (C=N–C) groups is 1. The van der Waals surface area contributed by atoms with Crippen LogP contribution in [-0.2, 0) is 15.1 Å². The molecule has 1 aromatic rings. The van der Waals surface area contributed by atoms with E-state index in [1.54, 1.807) is 5.32 Å². The maximum atomic E-state index is 14.0. The average molecular weight is 348 g/mol. The van der Waals surface area contributed by atoms with Gasteiger partial charge in [0.25, 0.3) is 0 Å². The van der Waals surface area contributed by atoms with E-state index >= 15 is 0 Å². The van der Waals surface area contributed by atoms with Gasteiger partial charge in [0.05, 0.1) is 5.16 Å². The highest BCUT2D eigenvalue weighted by molar-refractivity contribution is 7.78. The van der Waals surface area contributed by atoms with Gasteiger partial charge in [0, 0.05) is 17.7 Å². The van der Waals surface area contributed by atoms with E-state index in [1.807, 2.05) is 5.16 Å². The Bertz CT molecular complexity index is 684. The topological polar surface area (TPSA) is 58.5 Å². The molecule has 0 heterocycles. The second kappa shape index (κ2) is 6.97. The molecule has 1 rings (SSSR count). The average Bonchev–Trinajstić information content (AvgIpc) is 2.39. The summed E-state index contributed by atoms with van der Waals surface area (Å²) in [6.45, 7) is 2.64. The van der Waals surface area contributed by atoms with Crippen molar-refractivity contribution in [3.8, 4) is 0 Å². The second-order valence-corrected chi connectivity index (χ2v) is 5.18. The first-order valence-corrected chi connectivity index (χ1v) is 6.67. The van der Waals surface area contributed by atoms with Crippen molar-refractivity contribution in [1.82, 2.24) is 0 Å². The van der Waals surface area contributed by atoms with Gasteiger partial charge in [0.2, 0.25) is 0 Å². The number of hydrogen-bond donors (Lipinski definition) is 1.